The van der Waals surface area contributed by atoms with Crippen LogP contribution in [0.4, 0.5) is 17.3 Å². The molecule has 204 valence electrons. The second-order valence-corrected chi connectivity index (χ2v) is 10.9. The van der Waals surface area contributed by atoms with Crippen molar-refractivity contribution in [3.63, 3.8) is 0 Å². The van der Waals surface area contributed by atoms with E-state index >= 15 is 0 Å². The predicted molar refractivity (Wildman–Crippen MR) is 165 cm³/mol. The van der Waals surface area contributed by atoms with E-state index in [0.29, 0.717) is 18.1 Å². The van der Waals surface area contributed by atoms with E-state index in [1.54, 1.807) is 17.5 Å². The van der Waals surface area contributed by atoms with Crippen LogP contribution < -0.4 is 10.6 Å². The summed E-state index contributed by atoms with van der Waals surface area (Å²) in [5.74, 6) is 0.433. The van der Waals surface area contributed by atoms with Crippen molar-refractivity contribution in [3.05, 3.63) is 114 Å². The molecule has 0 aliphatic heterocycles. The third kappa shape index (κ3) is 6.16. The smallest absolute Gasteiger partial charge is 0.228 e. The number of carbonyl (C=O) groups is 1. The molecule has 1 amide bonds. The van der Waals surface area contributed by atoms with Crippen molar-refractivity contribution in [2.24, 2.45) is 0 Å². The molecule has 0 saturated carbocycles. The monoisotopic (exact) mass is 559 g/mol. The third-order valence-electron chi connectivity index (χ3n) is 6.47. The molecule has 3 aromatic carbocycles. The van der Waals surface area contributed by atoms with Crippen LogP contribution in [0.2, 0.25) is 0 Å². The van der Waals surface area contributed by atoms with Gasteiger partial charge in [0.25, 0.3) is 0 Å². The Labute approximate surface area is 242 Å². The molecule has 2 N–H and O–H groups in total. The highest BCUT2D eigenvalue weighted by Crippen LogP contribution is 2.35. The van der Waals surface area contributed by atoms with Gasteiger partial charge in [0, 0.05) is 41.3 Å². The average molecular weight is 560 g/mol. The van der Waals surface area contributed by atoms with Gasteiger partial charge in [-0.05, 0) is 55.6 Å². The number of nitrogens with one attached hydrogen (secondary N) is 2. The summed E-state index contributed by atoms with van der Waals surface area (Å²) in [6.45, 7) is 0.845. The number of hydrogen-bond acceptors (Lipinski definition) is 7. The topological polar surface area (TPSA) is 87.5 Å². The van der Waals surface area contributed by atoms with Crippen molar-refractivity contribution in [2.75, 3.05) is 24.7 Å². The minimum Gasteiger partial charge on any atom is -0.326 e. The predicted octanol–water partition coefficient (Wildman–Crippen LogP) is 6.51. The molecule has 9 heteroatoms. The van der Waals surface area contributed by atoms with Gasteiger partial charge in [-0.3, -0.25) is 9.20 Å². The Hall–Kier alpha value is -4.86. The number of anilines is 3. The van der Waals surface area contributed by atoms with Gasteiger partial charge in [-0.15, -0.1) is 11.3 Å². The number of thiazole rings is 1. The lowest BCUT2D eigenvalue weighted by molar-refractivity contribution is -0.115. The third-order valence-corrected chi connectivity index (χ3v) is 7.23. The summed E-state index contributed by atoms with van der Waals surface area (Å²) in [6.07, 6.45) is 4.06. The van der Waals surface area contributed by atoms with E-state index in [1.165, 1.54) is 5.56 Å². The van der Waals surface area contributed by atoms with Gasteiger partial charge in [-0.2, -0.15) is 0 Å². The molecular formula is C32H29N7OS. The Kier molecular flexibility index (Phi) is 7.53. The van der Waals surface area contributed by atoms with Crippen molar-refractivity contribution in [1.29, 1.82) is 0 Å². The molecule has 3 heterocycles. The average Bonchev–Trinajstić information content (AvgIpc) is 3.55. The van der Waals surface area contributed by atoms with Crippen molar-refractivity contribution < 1.29 is 4.79 Å². The van der Waals surface area contributed by atoms with Gasteiger partial charge >= 0.3 is 0 Å². The molecule has 0 unspecified atom stereocenters. The highest BCUT2D eigenvalue weighted by Gasteiger charge is 2.19. The van der Waals surface area contributed by atoms with Gasteiger partial charge in [-0.25, -0.2) is 15.0 Å². The summed E-state index contributed by atoms with van der Waals surface area (Å²) in [4.78, 5) is 30.0. The standard InChI is InChI=1S/C32H29N7OS/c1-38(2)21-23-10-6-12-25(18-23)35-31-33-15-14-27(36-31)30-29(37-32-39(30)16-17-41-32)24-11-7-13-26(20-24)34-28(40)19-22-8-4-3-5-9-22/h3-18,20H,19,21H2,1-2H3,(H,34,40)(H,33,35,36). The van der Waals surface area contributed by atoms with Crippen LogP contribution in [0.15, 0.2) is 103 Å². The number of nitrogens with zero attached hydrogens (tertiary/aromatic N) is 5. The first kappa shape index (κ1) is 26.4. The Morgan fingerprint density at radius 1 is 0.902 bits per heavy atom. The molecule has 0 saturated heterocycles. The Morgan fingerprint density at radius 2 is 1.71 bits per heavy atom. The van der Waals surface area contributed by atoms with Gasteiger partial charge in [0.1, 0.15) is 5.69 Å². The number of imidazole rings is 1. The lowest BCUT2D eigenvalue weighted by Crippen LogP contribution is -2.14. The molecule has 0 radical (unpaired) electrons. The molecule has 0 aliphatic rings. The fourth-order valence-corrected chi connectivity index (χ4v) is 5.47. The van der Waals surface area contributed by atoms with Gasteiger partial charge in [0.05, 0.1) is 17.8 Å². The van der Waals surface area contributed by atoms with Crippen molar-refractivity contribution in [1.82, 2.24) is 24.3 Å². The zero-order chi connectivity index (χ0) is 28.2. The minimum atomic E-state index is -0.0689. The molecule has 0 atom stereocenters. The van der Waals surface area contributed by atoms with Crippen LogP contribution in [0.3, 0.4) is 0 Å². The number of carbonyl (C=O) groups excluding carboxylic acids is 1. The summed E-state index contributed by atoms with van der Waals surface area (Å²) < 4.78 is 2.05. The highest BCUT2D eigenvalue weighted by atomic mass is 32.1. The van der Waals surface area contributed by atoms with Crippen LogP contribution in [0, 0.1) is 0 Å². The molecule has 3 aromatic heterocycles. The molecule has 6 rings (SSSR count). The normalized spacial score (nSPS) is 11.2. The van der Waals surface area contributed by atoms with Crippen LogP contribution in [0.25, 0.3) is 27.6 Å². The van der Waals surface area contributed by atoms with Crippen molar-refractivity contribution in [2.45, 2.75) is 13.0 Å². The fourth-order valence-electron chi connectivity index (χ4n) is 4.75. The molecule has 8 nitrogen and oxygen atoms in total. The van der Waals surface area contributed by atoms with Crippen LogP contribution in [-0.4, -0.2) is 44.3 Å². The van der Waals surface area contributed by atoms with Crippen molar-refractivity contribution in [3.8, 4) is 22.6 Å². The Balaban J connectivity index is 1.30. The van der Waals surface area contributed by atoms with E-state index in [9.17, 15) is 4.79 Å². The summed E-state index contributed by atoms with van der Waals surface area (Å²) in [5.41, 5.74) is 7.09. The van der Waals surface area contributed by atoms with Crippen LogP contribution in [-0.2, 0) is 17.8 Å². The number of aromatic nitrogens is 4. The second-order valence-electron chi connectivity index (χ2n) is 9.98. The lowest BCUT2D eigenvalue weighted by Gasteiger charge is -2.12. The zero-order valence-corrected chi connectivity index (χ0v) is 23.6. The van der Waals surface area contributed by atoms with Crippen LogP contribution in [0.1, 0.15) is 11.1 Å². The molecule has 6 aromatic rings. The molecular weight excluding hydrogens is 530 g/mol. The summed E-state index contributed by atoms with van der Waals surface area (Å²) in [7, 11) is 4.10. The van der Waals surface area contributed by atoms with Gasteiger partial charge in [-0.1, -0.05) is 54.6 Å². The molecule has 0 aliphatic carbocycles. The van der Waals surface area contributed by atoms with Gasteiger partial charge in [0.2, 0.25) is 11.9 Å². The first-order valence-electron chi connectivity index (χ1n) is 13.3. The summed E-state index contributed by atoms with van der Waals surface area (Å²) >= 11 is 1.56. The van der Waals surface area contributed by atoms with Crippen LogP contribution in [0.5, 0.6) is 0 Å². The lowest BCUT2D eigenvalue weighted by atomic mass is 10.1. The summed E-state index contributed by atoms with van der Waals surface area (Å²) in [5, 5.41) is 8.39. The van der Waals surface area contributed by atoms with E-state index in [4.69, 9.17) is 9.97 Å². The maximum atomic E-state index is 12.7. The molecule has 41 heavy (non-hydrogen) atoms. The minimum absolute atomic E-state index is 0.0689. The number of fused-ring (bicyclic) bond motifs is 1. The molecule has 0 fully saturated rings. The highest BCUT2D eigenvalue weighted by molar-refractivity contribution is 7.15. The fraction of sp³-hybridized carbons (Fsp3) is 0.125. The van der Waals surface area contributed by atoms with E-state index in [1.807, 2.05) is 88.8 Å². The SMILES string of the molecule is CN(C)Cc1cccc(Nc2nccc(-c3c(-c4cccc(NC(=O)Cc5ccccc5)c4)nc4sccn34)n2)c1. The van der Waals surface area contributed by atoms with E-state index in [-0.39, 0.29) is 5.91 Å². The number of hydrogen-bond donors (Lipinski definition) is 2. The number of benzene rings is 3. The molecule has 0 bridgehead atoms. The second kappa shape index (κ2) is 11.7. The zero-order valence-electron chi connectivity index (χ0n) is 22.8. The Bertz CT molecular complexity index is 1810. The van der Waals surface area contributed by atoms with Crippen molar-refractivity contribution >= 4 is 39.5 Å². The first-order chi connectivity index (χ1) is 20.0. The number of rotatable bonds is 9. The van der Waals surface area contributed by atoms with Crippen LogP contribution >= 0.6 is 11.3 Å². The Morgan fingerprint density at radius 3 is 2.56 bits per heavy atom. The number of amides is 1. The largest absolute Gasteiger partial charge is 0.326 e. The molecule has 0 spiro atoms. The van der Waals surface area contributed by atoms with Gasteiger partial charge < -0.3 is 15.5 Å². The maximum absolute atomic E-state index is 12.7. The first-order valence-corrected chi connectivity index (χ1v) is 14.1. The van der Waals surface area contributed by atoms with Gasteiger partial charge in [0.15, 0.2) is 4.96 Å². The maximum Gasteiger partial charge on any atom is 0.228 e. The van der Waals surface area contributed by atoms with E-state index < -0.39 is 0 Å². The van der Waals surface area contributed by atoms with E-state index in [0.717, 1.165) is 45.4 Å². The van der Waals surface area contributed by atoms with E-state index in [2.05, 4.69) is 46.7 Å². The quantitative estimate of drug-likeness (QED) is 0.210. The summed E-state index contributed by atoms with van der Waals surface area (Å²) in [6, 6.07) is 27.6.